The van der Waals surface area contributed by atoms with Crippen molar-refractivity contribution in [1.82, 2.24) is 0 Å². The molecule has 0 radical (unpaired) electrons. The van der Waals surface area contributed by atoms with E-state index in [0.717, 1.165) is 0 Å². The van der Waals surface area contributed by atoms with Crippen LogP contribution in [0.5, 0.6) is 5.75 Å². The average Bonchev–Trinajstić information content (AvgIpc) is 2.65. The third-order valence-corrected chi connectivity index (χ3v) is 4.95. The standard InChI is InChI=1S/C18H11I2N3O6/c19-14-5-10(6-15(20)17(14)29-9-16(24)25)4-11(8-21)18(26)22-12-2-1-3-13(7-12)23(27)28/h1-7H,9H2,(H,22,26)(H,24,25)/b11-4+. The van der Waals surface area contributed by atoms with Crippen molar-refractivity contribution < 1.29 is 24.4 Å². The molecule has 1 amide bonds. The van der Waals surface area contributed by atoms with Crippen LogP contribution in [0.25, 0.3) is 6.08 Å². The summed E-state index contributed by atoms with van der Waals surface area (Å²) in [5, 5.41) is 31.4. The van der Waals surface area contributed by atoms with Crippen molar-refractivity contribution in [3.63, 3.8) is 0 Å². The lowest BCUT2D eigenvalue weighted by molar-refractivity contribution is -0.384. The lowest BCUT2D eigenvalue weighted by Crippen LogP contribution is -2.13. The largest absolute Gasteiger partial charge is 0.480 e. The van der Waals surface area contributed by atoms with Gasteiger partial charge in [0.1, 0.15) is 17.4 Å². The van der Waals surface area contributed by atoms with Gasteiger partial charge in [-0.2, -0.15) is 5.26 Å². The number of rotatable bonds is 7. The van der Waals surface area contributed by atoms with E-state index < -0.39 is 23.4 Å². The molecule has 2 N–H and O–H groups in total. The van der Waals surface area contributed by atoms with Crippen molar-refractivity contribution in [3.05, 3.63) is 64.8 Å². The Kier molecular flexibility index (Phi) is 7.91. The lowest BCUT2D eigenvalue weighted by atomic mass is 10.1. The molecule has 29 heavy (non-hydrogen) atoms. The van der Waals surface area contributed by atoms with Crippen LogP contribution < -0.4 is 10.1 Å². The normalized spacial score (nSPS) is 10.7. The van der Waals surface area contributed by atoms with Gasteiger partial charge in [0.05, 0.1) is 12.1 Å². The predicted molar refractivity (Wildman–Crippen MR) is 120 cm³/mol. The van der Waals surface area contributed by atoms with Gasteiger partial charge in [-0.1, -0.05) is 6.07 Å². The van der Waals surface area contributed by atoms with Gasteiger partial charge >= 0.3 is 5.97 Å². The van der Waals surface area contributed by atoms with Crippen LogP contribution in [0.1, 0.15) is 5.56 Å². The number of anilines is 1. The molecule has 0 aliphatic heterocycles. The fraction of sp³-hybridized carbons (Fsp3) is 0.0556. The molecule has 11 heteroatoms. The summed E-state index contributed by atoms with van der Waals surface area (Å²) in [7, 11) is 0. The Hall–Kier alpha value is -2.73. The third-order valence-electron chi connectivity index (χ3n) is 3.35. The number of aliphatic carboxylic acids is 1. The maximum atomic E-state index is 12.4. The minimum atomic E-state index is -1.11. The number of carbonyl (C=O) groups is 2. The van der Waals surface area contributed by atoms with Crippen molar-refractivity contribution in [2.45, 2.75) is 0 Å². The van der Waals surface area contributed by atoms with Crippen molar-refractivity contribution in [1.29, 1.82) is 5.26 Å². The van der Waals surface area contributed by atoms with Crippen LogP contribution >= 0.6 is 45.2 Å². The van der Waals surface area contributed by atoms with E-state index >= 15 is 0 Å². The van der Waals surface area contributed by atoms with Crippen LogP contribution in [0, 0.1) is 28.6 Å². The molecule has 2 aromatic rings. The second-order valence-electron chi connectivity index (χ2n) is 5.43. The summed E-state index contributed by atoms with van der Waals surface area (Å²) in [6.45, 7) is -0.490. The first-order valence-corrected chi connectivity index (χ1v) is 9.88. The lowest BCUT2D eigenvalue weighted by Gasteiger charge is -2.10. The highest BCUT2D eigenvalue weighted by atomic mass is 127. The van der Waals surface area contributed by atoms with E-state index in [0.29, 0.717) is 18.5 Å². The van der Waals surface area contributed by atoms with Crippen LogP contribution in [0.15, 0.2) is 42.0 Å². The summed E-state index contributed by atoms with van der Waals surface area (Å²) in [4.78, 5) is 33.3. The van der Waals surface area contributed by atoms with E-state index in [1.165, 1.54) is 30.3 Å². The van der Waals surface area contributed by atoms with Crippen molar-refractivity contribution >= 4 is 74.5 Å². The summed E-state index contributed by atoms with van der Waals surface area (Å²) >= 11 is 3.93. The molecule has 2 aromatic carbocycles. The van der Waals surface area contributed by atoms with Gasteiger partial charge in [-0.05, 0) is 75.0 Å². The van der Waals surface area contributed by atoms with Gasteiger partial charge < -0.3 is 15.2 Å². The minimum Gasteiger partial charge on any atom is -0.480 e. The molecule has 0 spiro atoms. The molecule has 0 atom stereocenters. The van der Waals surface area contributed by atoms with Crippen LogP contribution in [0.4, 0.5) is 11.4 Å². The maximum absolute atomic E-state index is 12.4. The summed E-state index contributed by atoms with van der Waals surface area (Å²) < 4.78 is 6.46. The number of nitriles is 1. The first-order valence-electron chi connectivity index (χ1n) is 7.72. The third kappa shape index (κ3) is 6.39. The summed E-state index contributed by atoms with van der Waals surface area (Å²) in [6.07, 6.45) is 1.36. The molecule has 2 rings (SSSR count). The van der Waals surface area contributed by atoms with Crippen molar-refractivity contribution in [2.24, 2.45) is 0 Å². The first-order chi connectivity index (χ1) is 13.7. The maximum Gasteiger partial charge on any atom is 0.341 e. The van der Waals surface area contributed by atoms with Gasteiger partial charge in [0.2, 0.25) is 0 Å². The number of carbonyl (C=O) groups excluding carboxylic acids is 1. The fourth-order valence-corrected chi connectivity index (χ4v) is 4.27. The topological polar surface area (TPSA) is 143 Å². The van der Waals surface area contributed by atoms with Gasteiger partial charge in [0.25, 0.3) is 11.6 Å². The Morgan fingerprint density at radius 1 is 1.28 bits per heavy atom. The molecule has 0 saturated carbocycles. The highest BCUT2D eigenvalue weighted by Gasteiger charge is 2.14. The van der Waals surface area contributed by atoms with E-state index in [-0.39, 0.29) is 16.9 Å². The Morgan fingerprint density at radius 2 is 1.93 bits per heavy atom. The molecular formula is C18H11I2N3O6. The number of nitro benzene ring substituents is 1. The van der Waals surface area contributed by atoms with Gasteiger partial charge in [-0.15, -0.1) is 0 Å². The van der Waals surface area contributed by atoms with Crippen LogP contribution in [-0.4, -0.2) is 28.5 Å². The highest BCUT2D eigenvalue weighted by molar-refractivity contribution is 14.1. The summed E-state index contributed by atoms with van der Waals surface area (Å²) in [5.41, 5.74) is 0.327. The number of carboxylic acids is 1. The number of non-ortho nitro benzene ring substituents is 1. The monoisotopic (exact) mass is 619 g/mol. The summed E-state index contributed by atoms with van der Waals surface area (Å²) in [5.74, 6) is -1.43. The van der Waals surface area contributed by atoms with Crippen LogP contribution in [0.2, 0.25) is 0 Å². The van der Waals surface area contributed by atoms with E-state index in [1.54, 1.807) is 18.2 Å². The smallest absolute Gasteiger partial charge is 0.341 e. The zero-order valence-electron chi connectivity index (χ0n) is 14.4. The second kappa shape index (κ2) is 10.2. The molecular weight excluding hydrogens is 608 g/mol. The number of ether oxygens (including phenoxy) is 1. The first kappa shape index (κ1) is 22.6. The second-order valence-corrected chi connectivity index (χ2v) is 7.75. The molecule has 0 fully saturated rings. The molecule has 9 nitrogen and oxygen atoms in total. The number of nitrogens with one attached hydrogen (secondary N) is 1. The molecule has 0 unspecified atom stereocenters. The minimum absolute atomic E-state index is 0.187. The number of hydrogen-bond acceptors (Lipinski definition) is 6. The quantitative estimate of drug-likeness (QED) is 0.158. The molecule has 0 bridgehead atoms. The van der Waals surface area contributed by atoms with Gasteiger partial charge in [-0.3, -0.25) is 14.9 Å². The zero-order valence-corrected chi connectivity index (χ0v) is 18.7. The molecule has 0 aliphatic carbocycles. The molecule has 0 aromatic heterocycles. The van der Waals surface area contributed by atoms with Gasteiger partial charge in [0.15, 0.2) is 6.61 Å². The van der Waals surface area contributed by atoms with Crippen LogP contribution in [-0.2, 0) is 9.59 Å². The molecule has 0 aliphatic rings. The van der Waals surface area contributed by atoms with E-state index in [4.69, 9.17) is 9.84 Å². The zero-order chi connectivity index (χ0) is 21.6. The molecule has 148 valence electrons. The number of nitrogens with zero attached hydrogens (tertiary/aromatic N) is 2. The number of halogens is 2. The van der Waals surface area contributed by atoms with Crippen LogP contribution in [0.3, 0.4) is 0 Å². The predicted octanol–water partition coefficient (Wildman–Crippen LogP) is 3.81. The SMILES string of the molecule is N#C/C(=C\c1cc(I)c(OCC(=O)O)c(I)c1)C(=O)Nc1cccc([N+](=O)[O-])c1. The van der Waals surface area contributed by atoms with Gasteiger partial charge in [0, 0.05) is 17.8 Å². The molecule has 0 heterocycles. The Morgan fingerprint density at radius 3 is 2.48 bits per heavy atom. The van der Waals surface area contributed by atoms with E-state index in [9.17, 15) is 25.0 Å². The number of nitro groups is 1. The average molecular weight is 619 g/mol. The van der Waals surface area contributed by atoms with E-state index in [1.807, 2.05) is 45.2 Å². The Labute approximate surface area is 191 Å². The molecule has 0 saturated heterocycles. The van der Waals surface area contributed by atoms with E-state index in [2.05, 4.69) is 5.32 Å². The number of benzene rings is 2. The highest BCUT2D eigenvalue weighted by Crippen LogP contribution is 2.30. The Balaban J connectivity index is 2.26. The van der Waals surface area contributed by atoms with Crippen molar-refractivity contribution in [3.8, 4) is 11.8 Å². The Bertz CT molecular complexity index is 1040. The summed E-state index contributed by atoms with van der Waals surface area (Å²) in [6, 6.07) is 10.4. The van der Waals surface area contributed by atoms with Gasteiger partial charge in [-0.25, -0.2) is 4.79 Å². The number of amides is 1. The fourth-order valence-electron chi connectivity index (χ4n) is 2.15. The number of carboxylic acid groups (broad SMARTS) is 1. The number of hydrogen-bond donors (Lipinski definition) is 2. The van der Waals surface area contributed by atoms with Crippen molar-refractivity contribution in [2.75, 3.05) is 11.9 Å².